The molecule has 0 saturated carbocycles. The van der Waals surface area contributed by atoms with Crippen LogP contribution in [0.3, 0.4) is 0 Å². The molecular weight excluding hydrogens is 620 g/mol. The van der Waals surface area contributed by atoms with Gasteiger partial charge in [-0.15, -0.1) is 0 Å². The molecule has 0 bridgehead atoms. The number of methoxy groups -OCH3 is 1. The number of hydrogen-bond donors (Lipinski definition) is 1. The van der Waals surface area contributed by atoms with E-state index in [1.807, 2.05) is 45.0 Å². The smallest absolute Gasteiger partial charge is 0.273 e. The number of aryl methyl sites for hydroxylation is 2. The number of benzene rings is 3. The largest absolute Gasteiger partial charge is 0.495 e. The van der Waals surface area contributed by atoms with Crippen molar-refractivity contribution in [2.24, 2.45) is 0 Å². The van der Waals surface area contributed by atoms with Gasteiger partial charge in [0.05, 0.1) is 22.6 Å². The number of halogens is 1. The second-order valence-electron chi connectivity index (χ2n) is 10.7. The Morgan fingerprint density at radius 3 is 2.31 bits per heavy atom. The van der Waals surface area contributed by atoms with Gasteiger partial charge in [0.15, 0.2) is 0 Å². The predicted molar refractivity (Wildman–Crippen MR) is 174 cm³/mol. The number of sulfonamides is 1. The van der Waals surface area contributed by atoms with Gasteiger partial charge in [0.2, 0.25) is 11.8 Å². The third-order valence-electron chi connectivity index (χ3n) is 7.64. The Morgan fingerprint density at radius 1 is 1.02 bits per heavy atom. The van der Waals surface area contributed by atoms with Crippen LogP contribution in [0.4, 0.5) is 11.4 Å². The summed E-state index contributed by atoms with van der Waals surface area (Å²) in [4.78, 5) is 39.8. The molecule has 11 nitrogen and oxygen atoms in total. The highest BCUT2D eigenvalue weighted by atomic mass is 35.5. The van der Waals surface area contributed by atoms with Crippen molar-refractivity contribution in [3.8, 4) is 5.75 Å². The van der Waals surface area contributed by atoms with Crippen LogP contribution in [-0.2, 0) is 26.2 Å². The number of anilines is 1. The van der Waals surface area contributed by atoms with Crippen molar-refractivity contribution < 1.29 is 27.7 Å². The van der Waals surface area contributed by atoms with Crippen molar-refractivity contribution in [1.29, 1.82) is 0 Å². The summed E-state index contributed by atoms with van der Waals surface area (Å²) in [6, 6.07) is 14.2. The van der Waals surface area contributed by atoms with E-state index in [-0.39, 0.29) is 46.9 Å². The number of rotatable bonds is 14. The quantitative estimate of drug-likeness (QED) is 0.171. The highest BCUT2D eigenvalue weighted by Crippen LogP contribution is 2.36. The molecule has 0 aliphatic rings. The molecule has 0 fully saturated rings. The molecule has 2 atom stereocenters. The first kappa shape index (κ1) is 35.3. The molecule has 13 heteroatoms. The topological polar surface area (TPSA) is 139 Å². The van der Waals surface area contributed by atoms with Crippen molar-refractivity contribution in [2.75, 3.05) is 18.0 Å². The maximum absolute atomic E-state index is 14.4. The lowest BCUT2D eigenvalue weighted by Crippen LogP contribution is -2.53. The molecule has 0 aromatic heterocycles. The first-order valence-corrected chi connectivity index (χ1v) is 16.3. The molecular formula is C32H39ClN4O7S. The summed E-state index contributed by atoms with van der Waals surface area (Å²) < 4.78 is 34.8. The molecule has 0 aliphatic carbocycles. The Balaban J connectivity index is 2.20. The average molecular weight is 659 g/mol. The molecule has 3 rings (SSSR count). The molecule has 1 N–H and O–H groups in total. The molecule has 0 heterocycles. The van der Waals surface area contributed by atoms with E-state index in [2.05, 4.69) is 5.32 Å². The standard InChI is InChI=1S/C32H39ClN4O7S/c1-7-23(5)34-32(39)27(8-2)35(19-24-12-10-9-11-21(24)3)31(38)20-36(29-17-25(33)14-16-30(29)44-6)45(42,43)26-15-13-22(4)28(18-26)37(40)41/h9-18,23,27H,7-8,19-20H2,1-6H3,(H,34,39)/t23-,27-/m1/s1. The van der Waals surface area contributed by atoms with Crippen molar-refractivity contribution in [2.45, 2.75) is 71.0 Å². The van der Waals surface area contributed by atoms with Crippen LogP contribution in [0.5, 0.6) is 5.75 Å². The first-order valence-electron chi connectivity index (χ1n) is 14.5. The number of carbonyl (C=O) groups excluding carboxylic acids is 2. The van der Waals surface area contributed by atoms with Crippen LogP contribution < -0.4 is 14.4 Å². The van der Waals surface area contributed by atoms with Crippen LogP contribution in [-0.4, -0.2) is 55.8 Å². The summed E-state index contributed by atoms with van der Waals surface area (Å²) in [5, 5.41) is 14.8. The number of nitrogens with one attached hydrogen (secondary N) is 1. The summed E-state index contributed by atoms with van der Waals surface area (Å²) in [5.74, 6) is -0.932. The van der Waals surface area contributed by atoms with Crippen molar-refractivity contribution in [3.05, 3.63) is 92.5 Å². The number of nitro groups is 1. The minimum absolute atomic E-state index is 0.0362. The lowest BCUT2D eigenvalue weighted by Gasteiger charge is -2.34. The van der Waals surface area contributed by atoms with Gasteiger partial charge in [0, 0.05) is 29.2 Å². The van der Waals surface area contributed by atoms with Crippen molar-refractivity contribution >= 4 is 44.8 Å². The average Bonchev–Trinajstić information content (AvgIpc) is 3.00. The van der Waals surface area contributed by atoms with Gasteiger partial charge in [-0.05, 0) is 69.0 Å². The van der Waals surface area contributed by atoms with Crippen LogP contribution in [0.1, 0.15) is 50.3 Å². The Kier molecular flexibility index (Phi) is 11.9. The normalized spacial score (nSPS) is 12.6. The van der Waals surface area contributed by atoms with E-state index in [9.17, 15) is 28.1 Å². The maximum atomic E-state index is 14.4. The third kappa shape index (κ3) is 8.31. The van der Waals surface area contributed by atoms with E-state index in [4.69, 9.17) is 16.3 Å². The molecule has 45 heavy (non-hydrogen) atoms. The maximum Gasteiger partial charge on any atom is 0.273 e. The van der Waals surface area contributed by atoms with E-state index in [0.29, 0.717) is 6.42 Å². The van der Waals surface area contributed by atoms with Gasteiger partial charge in [-0.25, -0.2) is 8.42 Å². The summed E-state index contributed by atoms with van der Waals surface area (Å²) in [6.45, 7) is 8.23. The molecule has 242 valence electrons. The van der Waals surface area contributed by atoms with E-state index >= 15 is 0 Å². The molecule has 2 amide bonds. The molecule has 0 spiro atoms. The zero-order chi connectivity index (χ0) is 33.5. The Morgan fingerprint density at radius 2 is 1.71 bits per heavy atom. The molecule has 0 saturated heterocycles. The van der Waals surface area contributed by atoms with E-state index in [1.165, 1.54) is 49.3 Å². The third-order valence-corrected chi connectivity index (χ3v) is 9.63. The highest BCUT2D eigenvalue weighted by molar-refractivity contribution is 7.92. The summed E-state index contributed by atoms with van der Waals surface area (Å²) in [5.41, 5.74) is 1.50. The summed E-state index contributed by atoms with van der Waals surface area (Å²) in [7, 11) is -3.28. The minimum atomic E-state index is -4.62. The number of amides is 2. The zero-order valence-corrected chi connectivity index (χ0v) is 27.8. The number of hydrogen-bond acceptors (Lipinski definition) is 7. The lowest BCUT2D eigenvalue weighted by molar-refractivity contribution is -0.385. The predicted octanol–water partition coefficient (Wildman–Crippen LogP) is 5.79. The molecule has 0 radical (unpaired) electrons. The molecule has 0 aliphatic heterocycles. The molecule has 3 aromatic carbocycles. The minimum Gasteiger partial charge on any atom is -0.495 e. The first-order chi connectivity index (χ1) is 21.2. The van der Waals surface area contributed by atoms with Gasteiger partial charge in [-0.3, -0.25) is 24.0 Å². The van der Waals surface area contributed by atoms with E-state index in [0.717, 1.165) is 21.5 Å². The Labute approximate surface area is 269 Å². The second kappa shape index (κ2) is 15.2. The van der Waals surface area contributed by atoms with Gasteiger partial charge in [-0.1, -0.05) is 55.8 Å². The fraction of sp³-hybridized carbons (Fsp3) is 0.375. The zero-order valence-electron chi connectivity index (χ0n) is 26.2. The van der Waals surface area contributed by atoms with Gasteiger partial charge in [-0.2, -0.15) is 0 Å². The number of nitro benzene ring substituents is 1. The van der Waals surface area contributed by atoms with Crippen LogP contribution in [0, 0.1) is 24.0 Å². The Hall–Kier alpha value is -4.16. The molecule has 3 aromatic rings. The summed E-state index contributed by atoms with van der Waals surface area (Å²) >= 11 is 6.29. The van der Waals surface area contributed by atoms with Crippen molar-refractivity contribution in [3.63, 3.8) is 0 Å². The fourth-order valence-corrected chi connectivity index (χ4v) is 6.38. The fourth-order valence-electron chi connectivity index (χ4n) is 4.78. The van der Waals surface area contributed by atoms with Crippen LogP contribution in [0.2, 0.25) is 5.02 Å². The number of ether oxygens (including phenoxy) is 1. The van der Waals surface area contributed by atoms with Crippen LogP contribution >= 0.6 is 11.6 Å². The van der Waals surface area contributed by atoms with Gasteiger partial charge >= 0.3 is 0 Å². The monoisotopic (exact) mass is 658 g/mol. The SMILES string of the molecule is CC[C@@H](C)NC(=O)[C@@H](CC)N(Cc1ccccc1C)C(=O)CN(c1cc(Cl)ccc1OC)S(=O)(=O)c1ccc(C)c([N+](=O)[O-])c1. The van der Waals surface area contributed by atoms with Gasteiger partial charge in [0.25, 0.3) is 15.7 Å². The van der Waals surface area contributed by atoms with E-state index < -0.39 is 44.0 Å². The second-order valence-corrected chi connectivity index (χ2v) is 13.0. The Bertz CT molecular complexity index is 1660. The van der Waals surface area contributed by atoms with Crippen LogP contribution in [0.15, 0.2) is 65.6 Å². The van der Waals surface area contributed by atoms with Crippen molar-refractivity contribution in [1.82, 2.24) is 10.2 Å². The highest BCUT2D eigenvalue weighted by Gasteiger charge is 2.36. The van der Waals surface area contributed by atoms with Gasteiger partial charge < -0.3 is 15.0 Å². The van der Waals surface area contributed by atoms with Crippen LogP contribution in [0.25, 0.3) is 0 Å². The van der Waals surface area contributed by atoms with Gasteiger partial charge in [0.1, 0.15) is 18.3 Å². The molecule has 0 unspecified atom stereocenters. The summed E-state index contributed by atoms with van der Waals surface area (Å²) in [6.07, 6.45) is 0.939. The number of carbonyl (C=O) groups is 2. The number of nitrogens with zero attached hydrogens (tertiary/aromatic N) is 3. The van der Waals surface area contributed by atoms with E-state index in [1.54, 1.807) is 6.92 Å². The lowest BCUT2D eigenvalue weighted by atomic mass is 10.1.